The first kappa shape index (κ1) is 13.8. The zero-order chi connectivity index (χ0) is 13.0. The molecule has 6 heteroatoms. The molecule has 4 nitrogen and oxygen atoms in total. The van der Waals surface area contributed by atoms with E-state index >= 15 is 0 Å². The maximum Gasteiger partial charge on any atom is 0.190 e. The van der Waals surface area contributed by atoms with Gasteiger partial charge in [0.15, 0.2) is 11.1 Å². The Morgan fingerprint density at radius 3 is 3.00 bits per heavy atom. The smallest absolute Gasteiger partial charge is 0.190 e. The van der Waals surface area contributed by atoms with E-state index in [0.717, 1.165) is 25.9 Å². The number of hydrogen-bond acceptors (Lipinski definition) is 3. The molecule has 1 heterocycles. The van der Waals surface area contributed by atoms with Gasteiger partial charge < -0.3 is 14.0 Å². The van der Waals surface area contributed by atoms with Crippen LogP contribution in [0.4, 0.5) is 0 Å². The Kier molecular flexibility index (Phi) is 5.00. The van der Waals surface area contributed by atoms with E-state index in [-0.39, 0.29) is 11.0 Å². The molecule has 18 heavy (non-hydrogen) atoms. The molecule has 1 fully saturated rings. The lowest BCUT2D eigenvalue weighted by Gasteiger charge is -2.23. The highest BCUT2D eigenvalue weighted by Crippen LogP contribution is 2.26. The Bertz CT molecular complexity index is 432. The second-order valence-corrected chi connectivity index (χ2v) is 5.51. The molecule has 1 saturated heterocycles. The first-order chi connectivity index (χ1) is 8.66. The summed E-state index contributed by atoms with van der Waals surface area (Å²) in [6, 6.07) is 4.68. The molecule has 1 aromatic rings. The van der Waals surface area contributed by atoms with Crippen LogP contribution >= 0.6 is 11.6 Å². The van der Waals surface area contributed by atoms with Gasteiger partial charge in [0.25, 0.3) is 0 Å². The van der Waals surface area contributed by atoms with Gasteiger partial charge in [0.05, 0.1) is 6.10 Å². The number of hydrogen-bond donors (Lipinski definition) is 1. The third-order valence-electron chi connectivity index (χ3n) is 2.79. The number of rotatable bonds is 4. The van der Waals surface area contributed by atoms with Gasteiger partial charge in [0.2, 0.25) is 0 Å². The summed E-state index contributed by atoms with van der Waals surface area (Å²) in [5, 5.41) is 0.411. The van der Waals surface area contributed by atoms with Crippen LogP contribution in [0.5, 0.6) is 5.75 Å². The largest absolute Gasteiger partial charge is 0.490 e. The van der Waals surface area contributed by atoms with Gasteiger partial charge in [-0.15, -0.1) is 0 Å². The lowest BCUT2D eigenvalue weighted by molar-refractivity contribution is -0.0116. The minimum Gasteiger partial charge on any atom is -0.490 e. The molecule has 0 amide bonds. The Labute approximate surface area is 114 Å². The number of benzene rings is 1. The predicted molar refractivity (Wildman–Crippen MR) is 69.6 cm³/mol. The molecule has 2 atom stereocenters. The first-order valence-corrected chi connectivity index (χ1v) is 7.30. The van der Waals surface area contributed by atoms with E-state index in [2.05, 4.69) is 0 Å². The van der Waals surface area contributed by atoms with Crippen LogP contribution in [0.15, 0.2) is 23.1 Å². The molecule has 1 N–H and O–H groups in total. The average Bonchev–Trinajstić information content (AvgIpc) is 2.38. The van der Waals surface area contributed by atoms with E-state index in [1.807, 2.05) is 0 Å². The average molecular weight is 291 g/mol. The Hall–Kier alpha value is -0.620. The topological polar surface area (TPSA) is 55.8 Å². The molecule has 0 aromatic heterocycles. The molecule has 0 bridgehead atoms. The second-order valence-electron chi connectivity index (χ2n) is 4.14. The van der Waals surface area contributed by atoms with Gasteiger partial charge in [-0.3, -0.25) is 0 Å². The van der Waals surface area contributed by atoms with Crippen molar-refractivity contribution < 1.29 is 18.2 Å². The monoisotopic (exact) mass is 290 g/mol. The fourth-order valence-electron chi connectivity index (χ4n) is 1.86. The zero-order valence-electron chi connectivity index (χ0n) is 9.80. The second kappa shape index (κ2) is 6.52. The quantitative estimate of drug-likeness (QED) is 0.866. The fourth-order valence-corrected chi connectivity index (χ4v) is 2.62. The van der Waals surface area contributed by atoms with Crippen molar-refractivity contribution in [3.63, 3.8) is 0 Å². The molecule has 1 aliphatic heterocycles. The zero-order valence-corrected chi connectivity index (χ0v) is 11.4. The summed E-state index contributed by atoms with van der Waals surface area (Å²) in [6.45, 7) is 1.15. The maximum atomic E-state index is 11.2. The van der Waals surface area contributed by atoms with Gasteiger partial charge >= 0.3 is 0 Å². The molecule has 0 saturated carbocycles. The van der Waals surface area contributed by atoms with Gasteiger partial charge in [-0.05, 0) is 37.5 Å². The van der Waals surface area contributed by atoms with Crippen molar-refractivity contribution >= 4 is 22.7 Å². The van der Waals surface area contributed by atoms with Gasteiger partial charge in [-0.2, -0.15) is 0 Å². The first-order valence-electron chi connectivity index (χ1n) is 5.81. The minimum atomic E-state index is -2.11. The van der Waals surface area contributed by atoms with Crippen molar-refractivity contribution in [2.75, 3.05) is 13.2 Å². The summed E-state index contributed by atoms with van der Waals surface area (Å²) < 4.78 is 31.4. The molecule has 1 aromatic carbocycles. The summed E-state index contributed by atoms with van der Waals surface area (Å²) in [4.78, 5) is 0.193. The van der Waals surface area contributed by atoms with Crippen molar-refractivity contribution in [3.05, 3.63) is 23.2 Å². The lowest BCUT2D eigenvalue weighted by atomic mass is 10.1. The predicted octanol–water partition coefficient (Wildman–Crippen LogP) is 2.87. The van der Waals surface area contributed by atoms with Crippen LogP contribution in [0.1, 0.15) is 19.3 Å². The van der Waals surface area contributed by atoms with Gasteiger partial charge in [-0.25, -0.2) is 4.21 Å². The Balaban J connectivity index is 2.01. The van der Waals surface area contributed by atoms with Gasteiger partial charge in [0.1, 0.15) is 17.3 Å². The molecule has 100 valence electrons. The molecule has 1 aliphatic rings. The highest BCUT2D eigenvalue weighted by molar-refractivity contribution is 7.79. The summed E-state index contributed by atoms with van der Waals surface area (Å²) >= 11 is 3.68. The Morgan fingerprint density at radius 2 is 2.33 bits per heavy atom. The van der Waals surface area contributed by atoms with Crippen LogP contribution in [0.25, 0.3) is 0 Å². The van der Waals surface area contributed by atoms with Crippen LogP contribution in [0.2, 0.25) is 5.02 Å². The summed E-state index contributed by atoms with van der Waals surface area (Å²) in [7, 11) is 0. The molecule has 0 aliphatic carbocycles. The molecule has 0 radical (unpaired) electrons. The molecular weight excluding hydrogens is 276 g/mol. The third kappa shape index (κ3) is 3.68. The van der Waals surface area contributed by atoms with Crippen molar-refractivity contribution in [1.29, 1.82) is 0 Å². The van der Waals surface area contributed by atoms with Crippen molar-refractivity contribution in [2.45, 2.75) is 30.3 Å². The Morgan fingerprint density at radius 1 is 1.50 bits per heavy atom. The maximum absolute atomic E-state index is 11.2. The summed E-state index contributed by atoms with van der Waals surface area (Å²) in [5.41, 5.74) is 0. The van der Waals surface area contributed by atoms with E-state index in [9.17, 15) is 4.21 Å². The standard InChI is InChI=1S/C12H15ClO4S/c13-9-4-5-11(12(7-9)18(14)15)17-8-10-3-1-2-6-16-10/h4-5,7,10H,1-3,6,8H2,(H,14,15). The van der Waals surface area contributed by atoms with Crippen LogP contribution in [0, 0.1) is 0 Å². The highest BCUT2D eigenvalue weighted by Gasteiger charge is 2.16. The number of ether oxygens (including phenoxy) is 2. The molecule has 2 rings (SSSR count). The number of halogens is 1. The van der Waals surface area contributed by atoms with Crippen molar-refractivity contribution in [3.8, 4) is 5.75 Å². The van der Waals surface area contributed by atoms with E-state index in [1.54, 1.807) is 12.1 Å². The summed E-state index contributed by atoms with van der Waals surface area (Å²) in [5.74, 6) is 0.384. The van der Waals surface area contributed by atoms with E-state index in [0.29, 0.717) is 17.4 Å². The van der Waals surface area contributed by atoms with E-state index in [1.165, 1.54) is 6.07 Å². The highest BCUT2D eigenvalue weighted by atomic mass is 35.5. The lowest BCUT2D eigenvalue weighted by Crippen LogP contribution is -2.26. The van der Waals surface area contributed by atoms with E-state index < -0.39 is 11.1 Å². The molecular formula is C12H15ClO4S. The van der Waals surface area contributed by atoms with Crippen LogP contribution in [-0.4, -0.2) is 28.1 Å². The van der Waals surface area contributed by atoms with Gasteiger partial charge in [0, 0.05) is 11.6 Å². The normalized spacial score (nSPS) is 21.6. The van der Waals surface area contributed by atoms with Crippen molar-refractivity contribution in [2.24, 2.45) is 0 Å². The molecule has 2 unspecified atom stereocenters. The van der Waals surface area contributed by atoms with Gasteiger partial charge in [-0.1, -0.05) is 11.6 Å². The van der Waals surface area contributed by atoms with E-state index in [4.69, 9.17) is 25.6 Å². The van der Waals surface area contributed by atoms with Crippen molar-refractivity contribution in [1.82, 2.24) is 0 Å². The van der Waals surface area contributed by atoms with Crippen LogP contribution in [0.3, 0.4) is 0 Å². The summed E-state index contributed by atoms with van der Waals surface area (Å²) in [6.07, 6.45) is 3.25. The minimum absolute atomic E-state index is 0.0643. The molecule has 0 spiro atoms. The SMILES string of the molecule is O=S(O)c1cc(Cl)ccc1OCC1CCCCO1. The van der Waals surface area contributed by atoms with Crippen LogP contribution in [-0.2, 0) is 15.8 Å². The van der Waals surface area contributed by atoms with Crippen LogP contribution < -0.4 is 4.74 Å². The fraction of sp³-hybridized carbons (Fsp3) is 0.500. The third-order valence-corrected chi connectivity index (χ3v) is 3.72.